The van der Waals surface area contributed by atoms with E-state index in [1.54, 1.807) is 18.5 Å². The van der Waals surface area contributed by atoms with Crippen LogP contribution >= 0.6 is 0 Å². The SMILES string of the molecule is CC[C@H](N)[C@H](O)c1ncccn1. The lowest BCUT2D eigenvalue weighted by Gasteiger charge is -2.14. The first-order valence-electron chi connectivity index (χ1n) is 3.96. The van der Waals surface area contributed by atoms with Crippen LogP contribution in [0.3, 0.4) is 0 Å². The molecule has 0 aliphatic heterocycles. The molecule has 0 aliphatic carbocycles. The quantitative estimate of drug-likeness (QED) is 0.676. The molecule has 0 unspecified atom stereocenters. The molecule has 0 saturated heterocycles. The molecule has 66 valence electrons. The van der Waals surface area contributed by atoms with Gasteiger partial charge < -0.3 is 10.8 Å². The summed E-state index contributed by atoms with van der Waals surface area (Å²) < 4.78 is 0. The molecular formula is C8H13N3O. The molecule has 1 aromatic heterocycles. The van der Waals surface area contributed by atoms with Gasteiger partial charge in [0, 0.05) is 18.4 Å². The van der Waals surface area contributed by atoms with E-state index >= 15 is 0 Å². The van der Waals surface area contributed by atoms with Crippen LogP contribution in [0.5, 0.6) is 0 Å². The van der Waals surface area contributed by atoms with Crippen molar-refractivity contribution >= 4 is 0 Å². The van der Waals surface area contributed by atoms with Gasteiger partial charge >= 0.3 is 0 Å². The van der Waals surface area contributed by atoms with E-state index in [-0.39, 0.29) is 6.04 Å². The highest BCUT2D eigenvalue weighted by atomic mass is 16.3. The van der Waals surface area contributed by atoms with E-state index in [2.05, 4.69) is 9.97 Å². The fraction of sp³-hybridized carbons (Fsp3) is 0.500. The lowest BCUT2D eigenvalue weighted by Crippen LogP contribution is -2.28. The maximum atomic E-state index is 9.54. The van der Waals surface area contributed by atoms with Gasteiger partial charge in [0.15, 0.2) is 5.82 Å². The number of aliphatic hydroxyl groups excluding tert-OH is 1. The molecular weight excluding hydrogens is 154 g/mol. The highest BCUT2D eigenvalue weighted by Crippen LogP contribution is 2.11. The molecule has 0 amide bonds. The lowest BCUT2D eigenvalue weighted by atomic mass is 10.1. The van der Waals surface area contributed by atoms with E-state index in [1.165, 1.54) is 0 Å². The van der Waals surface area contributed by atoms with Gasteiger partial charge in [0.25, 0.3) is 0 Å². The van der Waals surface area contributed by atoms with Gasteiger partial charge in [0.1, 0.15) is 6.10 Å². The first-order chi connectivity index (χ1) is 5.75. The van der Waals surface area contributed by atoms with Crippen LogP contribution in [0, 0.1) is 0 Å². The predicted octanol–water partition coefficient (Wildman–Crippen LogP) is 0.247. The van der Waals surface area contributed by atoms with Crippen molar-refractivity contribution in [2.45, 2.75) is 25.5 Å². The van der Waals surface area contributed by atoms with Crippen LogP contribution < -0.4 is 5.73 Å². The number of rotatable bonds is 3. The van der Waals surface area contributed by atoms with E-state index in [9.17, 15) is 5.11 Å². The summed E-state index contributed by atoms with van der Waals surface area (Å²) in [5.74, 6) is 0.395. The van der Waals surface area contributed by atoms with E-state index in [4.69, 9.17) is 5.73 Å². The fourth-order valence-corrected chi connectivity index (χ4v) is 0.878. The Bertz CT molecular complexity index is 227. The summed E-state index contributed by atoms with van der Waals surface area (Å²) in [5, 5.41) is 9.54. The average molecular weight is 167 g/mol. The molecule has 4 heteroatoms. The molecule has 0 aromatic carbocycles. The fourth-order valence-electron chi connectivity index (χ4n) is 0.878. The predicted molar refractivity (Wildman–Crippen MR) is 45.3 cm³/mol. The Balaban J connectivity index is 2.71. The van der Waals surface area contributed by atoms with Gasteiger partial charge in [-0.15, -0.1) is 0 Å². The second-order valence-electron chi connectivity index (χ2n) is 2.62. The van der Waals surface area contributed by atoms with Crippen LogP contribution in [0.25, 0.3) is 0 Å². The van der Waals surface area contributed by atoms with Gasteiger partial charge in [-0.05, 0) is 12.5 Å². The van der Waals surface area contributed by atoms with Crippen LogP contribution in [-0.4, -0.2) is 21.1 Å². The first kappa shape index (κ1) is 9.09. The molecule has 2 atom stereocenters. The van der Waals surface area contributed by atoms with E-state index < -0.39 is 6.10 Å². The van der Waals surface area contributed by atoms with Crippen molar-refractivity contribution in [3.63, 3.8) is 0 Å². The third kappa shape index (κ3) is 1.99. The van der Waals surface area contributed by atoms with Gasteiger partial charge in [0.2, 0.25) is 0 Å². The average Bonchev–Trinajstić information content (AvgIpc) is 2.17. The molecule has 3 N–H and O–H groups in total. The minimum absolute atomic E-state index is 0.285. The van der Waals surface area contributed by atoms with Crippen LogP contribution in [0.15, 0.2) is 18.5 Å². The molecule has 12 heavy (non-hydrogen) atoms. The van der Waals surface area contributed by atoms with Crippen LogP contribution in [0.1, 0.15) is 25.3 Å². The summed E-state index contributed by atoms with van der Waals surface area (Å²) in [6, 6.07) is 1.42. The van der Waals surface area contributed by atoms with Crippen molar-refractivity contribution in [1.82, 2.24) is 9.97 Å². The van der Waals surface area contributed by atoms with Gasteiger partial charge in [-0.2, -0.15) is 0 Å². The summed E-state index contributed by atoms with van der Waals surface area (Å²) in [7, 11) is 0. The number of hydrogen-bond donors (Lipinski definition) is 2. The normalized spacial score (nSPS) is 15.6. The lowest BCUT2D eigenvalue weighted by molar-refractivity contribution is 0.135. The Hall–Kier alpha value is -1.00. The Labute approximate surface area is 71.5 Å². The third-order valence-electron chi connectivity index (χ3n) is 1.73. The molecule has 1 aromatic rings. The maximum absolute atomic E-state index is 9.54. The minimum atomic E-state index is -0.754. The van der Waals surface area contributed by atoms with Crippen LogP contribution in [0.4, 0.5) is 0 Å². The molecule has 0 radical (unpaired) electrons. The maximum Gasteiger partial charge on any atom is 0.158 e. The van der Waals surface area contributed by atoms with Crippen molar-refractivity contribution in [3.05, 3.63) is 24.3 Å². The third-order valence-corrected chi connectivity index (χ3v) is 1.73. The van der Waals surface area contributed by atoms with Crippen molar-refractivity contribution in [1.29, 1.82) is 0 Å². The topological polar surface area (TPSA) is 72.0 Å². The zero-order valence-electron chi connectivity index (χ0n) is 7.01. The first-order valence-corrected chi connectivity index (χ1v) is 3.96. The Morgan fingerprint density at radius 2 is 2.08 bits per heavy atom. The largest absolute Gasteiger partial charge is 0.383 e. The number of aliphatic hydroxyl groups is 1. The Morgan fingerprint density at radius 3 is 2.58 bits per heavy atom. The van der Waals surface area contributed by atoms with Crippen LogP contribution in [-0.2, 0) is 0 Å². The molecule has 0 fully saturated rings. The molecule has 1 heterocycles. The van der Waals surface area contributed by atoms with Gasteiger partial charge in [-0.25, -0.2) is 9.97 Å². The summed E-state index contributed by atoms with van der Waals surface area (Å²) in [4.78, 5) is 7.81. The summed E-state index contributed by atoms with van der Waals surface area (Å²) in [6.45, 7) is 1.91. The molecule has 0 bridgehead atoms. The van der Waals surface area contributed by atoms with Crippen LogP contribution in [0.2, 0.25) is 0 Å². The number of nitrogens with zero attached hydrogens (tertiary/aromatic N) is 2. The highest BCUT2D eigenvalue weighted by molar-refractivity contribution is 4.95. The minimum Gasteiger partial charge on any atom is -0.383 e. The van der Waals surface area contributed by atoms with E-state index in [1.807, 2.05) is 6.92 Å². The molecule has 4 nitrogen and oxygen atoms in total. The number of aromatic nitrogens is 2. The molecule has 0 spiro atoms. The number of nitrogens with two attached hydrogens (primary N) is 1. The monoisotopic (exact) mass is 167 g/mol. The zero-order valence-corrected chi connectivity index (χ0v) is 7.01. The summed E-state index contributed by atoms with van der Waals surface area (Å²) in [6.07, 6.45) is 3.14. The van der Waals surface area contributed by atoms with Crippen molar-refractivity contribution in [2.75, 3.05) is 0 Å². The van der Waals surface area contributed by atoms with Crippen molar-refractivity contribution in [2.24, 2.45) is 5.73 Å². The zero-order chi connectivity index (χ0) is 8.97. The smallest absolute Gasteiger partial charge is 0.158 e. The standard InChI is InChI=1S/C8H13N3O/c1-2-6(9)7(12)8-10-4-3-5-11-8/h3-7,12H,2,9H2,1H3/t6-,7-/m0/s1. The summed E-state index contributed by atoms with van der Waals surface area (Å²) in [5.41, 5.74) is 5.62. The van der Waals surface area contributed by atoms with E-state index in [0.29, 0.717) is 12.2 Å². The highest BCUT2D eigenvalue weighted by Gasteiger charge is 2.16. The summed E-state index contributed by atoms with van der Waals surface area (Å²) >= 11 is 0. The molecule has 0 aliphatic rings. The van der Waals surface area contributed by atoms with Gasteiger partial charge in [-0.3, -0.25) is 0 Å². The second-order valence-corrected chi connectivity index (χ2v) is 2.62. The Morgan fingerprint density at radius 1 is 1.50 bits per heavy atom. The van der Waals surface area contributed by atoms with E-state index in [0.717, 1.165) is 0 Å². The van der Waals surface area contributed by atoms with Crippen molar-refractivity contribution < 1.29 is 5.11 Å². The Kier molecular flexibility index (Phi) is 3.13. The number of hydrogen-bond acceptors (Lipinski definition) is 4. The van der Waals surface area contributed by atoms with Gasteiger partial charge in [0.05, 0.1) is 0 Å². The molecule has 1 rings (SSSR count). The molecule has 0 saturated carbocycles. The second kappa shape index (κ2) is 4.13. The van der Waals surface area contributed by atoms with Crippen molar-refractivity contribution in [3.8, 4) is 0 Å². The van der Waals surface area contributed by atoms with Gasteiger partial charge in [-0.1, -0.05) is 6.92 Å².